The Morgan fingerprint density at radius 1 is 1.00 bits per heavy atom. The van der Waals surface area contributed by atoms with Crippen molar-refractivity contribution in [1.29, 1.82) is 0 Å². The lowest BCUT2D eigenvalue weighted by Gasteiger charge is -1.70. The molecule has 0 fully saturated rings. The zero-order valence-electron chi connectivity index (χ0n) is 4.09. The Bertz CT molecular complexity index is 84.4. The molecule has 0 bridgehead atoms. The molecule has 0 aliphatic rings. The highest BCUT2D eigenvalue weighted by molar-refractivity contribution is 9.22. The van der Waals surface area contributed by atoms with Crippen LogP contribution < -0.4 is 0 Å². The third-order valence-electron chi connectivity index (χ3n) is 0.566. The lowest BCUT2D eigenvalue weighted by Crippen LogP contribution is -1.58. The molecule has 0 unspecified atom stereocenters. The summed E-state index contributed by atoms with van der Waals surface area (Å²) >= 11 is 2.41. The summed E-state index contributed by atoms with van der Waals surface area (Å²) in [5.74, 6) is 0. The first-order valence-electron chi connectivity index (χ1n) is 1.99. The molecule has 1 heterocycles. The molecule has 1 aromatic rings. The van der Waals surface area contributed by atoms with Crippen LogP contribution in [0.2, 0.25) is 0 Å². The molecule has 0 aromatic carbocycles. The van der Waals surface area contributed by atoms with Gasteiger partial charge in [-0.05, 0) is 22.2 Å². The molecule has 3 heteroatoms. The molecular weight excluding hydrogens is 189 g/mol. The molecule has 0 atom stereocenters. The SMILES string of the molecule is ClBr.c1ccncc1. The summed E-state index contributed by atoms with van der Waals surface area (Å²) in [5.41, 5.74) is 0. The van der Waals surface area contributed by atoms with E-state index in [9.17, 15) is 0 Å². The van der Waals surface area contributed by atoms with Crippen LogP contribution in [-0.2, 0) is 0 Å². The summed E-state index contributed by atoms with van der Waals surface area (Å²) in [5, 5.41) is 0. The van der Waals surface area contributed by atoms with Crippen LogP contribution in [0.25, 0.3) is 0 Å². The van der Waals surface area contributed by atoms with Crippen molar-refractivity contribution in [3.63, 3.8) is 0 Å². The number of hydrogen-bond donors (Lipinski definition) is 0. The second kappa shape index (κ2) is 6.92. The molecule has 0 amide bonds. The van der Waals surface area contributed by atoms with Gasteiger partial charge >= 0.3 is 0 Å². The van der Waals surface area contributed by atoms with E-state index in [1.54, 1.807) is 12.4 Å². The molecule has 0 N–H and O–H groups in total. The minimum atomic E-state index is 1.75. The van der Waals surface area contributed by atoms with E-state index in [0.29, 0.717) is 0 Å². The fourth-order valence-electron chi connectivity index (χ4n) is 0.313. The normalized spacial score (nSPS) is 6.75. The largest absolute Gasteiger partial charge is 0.265 e. The molecule has 1 aromatic heterocycles. The van der Waals surface area contributed by atoms with E-state index >= 15 is 0 Å². The zero-order valence-corrected chi connectivity index (χ0v) is 6.43. The summed E-state index contributed by atoms with van der Waals surface area (Å²) in [4.78, 5) is 3.78. The van der Waals surface area contributed by atoms with Gasteiger partial charge in [0.15, 0.2) is 0 Å². The predicted octanol–water partition coefficient (Wildman–Crippen LogP) is 2.62. The average Bonchev–Trinajstić information content (AvgIpc) is 1.96. The Kier molecular flexibility index (Phi) is 6.85. The number of hydrogen-bond acceptors (Lipinski definition) is 1. The van der Waals surface area contributed by atoms with Crippen LogP contribution in [-0.4, -0.2) is 4.98 Å². The summed E-state index contributed by atoms with van der Waals surface area (Å²) in [6.07, 6.45) is 3.50. The molecular formula is C5H5BrClN. The molecule has 1 nitrogen and oxygen atoms in total. The minimum absolute atomic E-state index is 1.75. The molecule has 0 saturated heterocycles. The predicted molar refractivity (Wildman–Crippen MR) is 39.0 cm³/mol. The Labute approximate surface area is 61.1 Å². The Morgan fingerprint density at radius 2 is 1.50 bits per heavy atom. The molecule has 0 saturated carbocycles. The van der Waals surface area contributed by atoms with Crippen molar-refractivity contribution in [3.8, 4) is 0 Å². The van der Waals surface area contributed by atoms with Crippen LogP contribution >= 0.6 is 25.1 Å². The summed E-state index contributed by atoms with van der Waals surface area (Å²) < 4.78 is 0. The van der Waals surface area contributed by atoms with Crippen molar-refractivity contribution in [2.45, 2.75) is 0 Å². The van der Waals surface area contributed by atoms with Gasteiger partial charge in [-0.1, -0.05) is 6.07 Å². The van der Waals surface area contributed by atoms with Crippen LogP contribution in [0.15, 0.2) is 30.6 Å². The van der Waals surface area contributed by atoms with Gasteiger partial charge in [-0.25, -0.2) is 0 Å². The van der Waals surface area contributed by atoms with E-state index < -0.39 is 0 Å². The van der Waals surface area contributed by atoms with Gasteiger partial charge in [-0.15, -0.1) is 0 Å². The minimum Gasteiger partial charge on any atom is -0.265 e. The van der Waals surface area contributed by atoms with Gasteiger partial charge in [-0.3, -0.25) is 4.98 Å². The summed E-state index contributed by atoms with van der Waals surface area (Å²) in [7, 11) is 4.45. The summed E-state index contributed by atoms with van der Waals surface area (Å²) in [6.45, 7) is 0. The van der Waals surface area contributed by atoms with E-state index in [2.05, 4.69) is 30.1 Å². The molecule has 0 radical (unpaired) electrons. The first-order valence-corrected chi connectivity index (χ1v) is 4.08. The van der Waals surface area contributed by atoms with Gasteiger partial charge in [0, 0.05) is 27.4 Å². The quantitative estimate of drug-likeness (QED) is 0.619. The first kappa shape index (κ1) is 7.92. The first-order chi connectivity index (χ1) is 4.00. The number of aromatic nitrogens is 1. The van der Waals surface area contributed by atoms with E-state index in [1.165, 1.54) is 0 Å². The lowest BCUT2D eigenvalue weighted by molar-refractivity contribution is 1.33. The van der Waals surface area contributed by atoms with Crippen molar-refractivity contribution in [2.24, 2.45) is 0 Å². The topological polar surface area (TPSA) is 12.9 Å². The Balaban J connectivity index is 0.000000222. The molecule has 8 heavy (non-hydrogen) atoms. The van der Waals surface area contributed by atoms with E-state index in [-0.39, 0.29) is 0 Å². The van der Waals surface area contributed by atoms with Gasteiger partial charge in [0.05, 0.1) is 0 Å². The maximum atomic E-state index is 4.45. The summed E-state index contributed by atoms with van der Waals surface area (Å²) in [6, 6.07) is 5.72. The molecule has 0 aliphatic carbocycles. The maximum absolute atomic E-state index is 4.45. The van der Waals surface area contributed by atoms with Crippen molar-refractivity contribution in [3.05, 3.63) is 30.6 Å². The molecule has 1 rings (SSSR count). The van der Waals surface area contributed by atoms with Gasteiger partial charge in [0.25, 0.3) is 0 Å². The van der Waals surface area contributed by atoms with Crippen molar-refractivity contribution < 1.29 is 0 Å². The second-order valence-electron chi connectivity index (χ2n) is 1.02. The monoisotopic (exact) mass is 193 g/mol. The van der Waals surface area contributed by atoms with Crippen LogP contribution in [0.1, 0.15) is 0 Å². The van der Waals surface area contributed by atoms with E-state index in [0.717, 1.165) is 0 Å². The number of halogens is 2. The average molecular weight is 194 g/mol. The lowest BCUT2D eigenvalue weighted by atomic mass is 10.5. The van der Waals surface area contributed by atoms with Gasteiger partial charge in [0.1, 0.15) is 0 Å². The maximum Gasteiger partial charge on any atom is 0.0341 e. The van der Waals surface area contributed by atoms with Crippen molar-refractivity contribution in [2.75, 3.05) is 0 Å². The smallest absolute Gasteiger partial charge is 0.0341 e. The van der Waals surface area contributed by atoms with E-state index in [4.69, 9.17) is 0 Å². The van der Waals surface area contributed by atoms with Crippen molar-refractivity contribution in [1.82, 2.24) is 4.98 Å². The third-order valence-corrected chi connectivity index (χ3v) is 0.566. The zero-order chi connectivity index (χ0) is 6.24. The number of rotatable bonds is 0. The van der Waals surface area contributed by atoms with Gasteiger partial charge in [-0.2, -0.15) is 0 Å². The Morgan fingerprint density at radius 3 is 1.62 bits per heavy atom. The van der Waals surface area contributed by atoms with Gasteiger partial charge in [0.2, 0.25) is 0 Å². The number of pyridine rings is 1. The highest BCUT2D eigenvalue weighted by atomic mass is 79.9. The van der Waals surface area contributed by atoms with Gasteiger partial charge < -0.3 is 0 Å². The standard InChI is InChI=1S/C5H5N.BrCl/c1-2-4-6-5-3-1;1-2/h1-5H;. The van der Waals surface area contributed by atoms with Crippen molar-refractivity contribution >= 4 is 25.1 Å². The molecule has 0 spiro atoms. The Hall–Kier alpha value is -0.0800. The molecule has 44 valence electrons. The fourth-order valence-corrected chi connectivity index (χ4v) is 0.313. The van der Waals surface area contributed by atoms with Crippen LogP contribution in [0.4, 0.5) is 0 Å². The molecule has 0 aliphatic heterocycles. The fraction of sp³-hybridized carbons (Fsp3) is 0. The highest BCUT2D eigenvalue weighted by Crippen LogP contribution is 1.77. The van der Waals surface area contributed by atoms with Crippen LogP contribution in [0.3, 0.4) is 0 Å². The van der Waals surface area contributed by atoms with Crippen LogP contribution in [0.5, 0.6) is 0 Å². The highest BCUT2D eigenvalue weighted by Gasteiger charge is 1.58. The second-order valence-corrected chi connectivity index (χ2v) is 1.02. The number of nitrogens with zero attached hydrogens (tertiary/aromatic N) is 1. The van der Waals surface area contributed by atoms with E-state index in [1.807, 2.05) is 18.2 Å². The third kappa shape index (κ3) is 4.09. The van der Waals surface area contributed by atoms with Crippen LogP contribution in [0, 0.1) is 0 Å².